The van der Waals surface area contributed by atoms with Gasteiger partial charge in [-0.3, -0.25) is 4.79 Å². The van der Waals surface area contributed by atoms with Crippen LogP contribution in [0.15, 0.2) is 12.4 Å². The normalized spacial score (nSPS) is 22.6. The van der Waals surface area contributed by atoms with E-state index in [1.807, 2.05) is 17.3 Å². The van der Waals surface area contributed by atoms with Gasteiger partial charge in [-0.1, -0.05) is 6.92 Å². The fourth-order valence-electron chi connectivity index (χ4n) is 3.82. The molecule has 0 spiro atoms. The first-order chi connectivity index (χ1) is 11.2. The number of likely N-dealkylation sites (tertiary alicyclic amines) is 1. The van der Waals surface area contributed by atoms with Gasteiger partial charge >= 0.3 is 0 Å². The van der Waals surface area contributed by atoms with Crippen LogP contribution in [0, 0.1) is 5.92 Å². The minimum atomic E-state index is -0.383. The topological polar surface area (TPSA) is 73.4 Å². The highest BCUT2D eigenvalue weighted by molar-refractivity contribution is 5.85. The summed E-state index contributed by atoms with van der Waals surface area (Å²) >= 11 is 0. The SMILES string of the molecule is CCc1nccn1C1CCCN(C(=O)C(N)C2CCOCC2)C1.Cl.Cl. The number of imidazole rings is 1. The smallest absolute Gasteiger partial charge is 0.239 e. The third kappa shape index (κ3) is 5.09. The van der Waals surface area contributed by atoms with Crippen molar-refractivity contribution in [3.63, 3.8) is 0 Å². The standard InChI is InChI=1S/C17H28N4O2.2ClH/c1-2-15-19-7-9-21(15)14-4-3-8-20(12-14)17(22)16(18)13-5-10-23-11-6-13;;/h7,9,13-14,16H,2-6,8,10-12,18H2,1H3;2*1H. The second kappa shape index (κ2) is 10.4. The van der Waals surface area contributed by atoms with Gasteiger partial charge in [-0.25, -0.2) is 4.98 Å². The van der Waals surface area contributed by atoms with Crippen LogP contribution in [0.4, 0.5) is 0 Å². The number of halogens is 2. The average Bonchev–Trinajstić information content (AvgIpc) is 3.10. The zero-order chi connectivity index (χ0) is 16.2. The number of hydrogen-bond donors (Lipinski definition) is 1. The fourth-order valence-corrected chi connectivity index (χ4v) is 3.82. The lowest BCUT2D eigenvalue weighted by Crippen LogP contribution is -2.52. The van der Waals surface area contributed by atoms with Crippen LogP contribution < -0.4 is 5.73 Å². The molecule has 0 bridgehead atoms. The molecule has 2 saturated heterocycles. The van der Waals surface area contributed by atoms with Crippen LogP contribution in [0.2, 0.25) is 0 Å². The van der Waals surface area contributed by atoms with Gasteiger partial charge in [-0.2, -0.15) is 0 Å². The van der Waals surface area contributed by atoms with Gasteiger partial charge in [-0.15, -0.1) is 24.8 Å². The van der Waals surface area contributed by atoms with Crippen molar-refractivity contribution in [1.29, 1.82) is 0 Å². The summed E-state index contributed by atoms with van der Waals surface area (Å²) in [6, 6.07) is -0.0573. The Morgan fingerprint density at radius 2 is 2.08 bits per heavy atom. The summed E-state index contributed by atoms with van der Waals surface area (Å²) in [5.74, 6) is 1.47. The summed E-state index contributed by atoms with van der Waals surface area (Å²) in [5, 5.41) is 0. The summed E-state index contributed by atoms with van der Waals surface area (Å²) in [5.41, 5.74) is 6.28. The van der Waals surface area contributed by atoms with Crippen LogP contribution in [0.3, 0.4) is 0 Å². The van der Waals surface area contributed by atoms with E-state index in [4.69, 9.17) is 10.5 Å². The van der Waals surface area contributed by atoms with Crippen LogP contribution in [-0.2, 0) is 16.0 Å². The molecule has 1 amide bonds. The third-order valence-electron chi connectivity index (χ3n) is 5.23. The summed E-state index contributed by atoms with van der Waals surface area (Å²) in [6.45, 7) is 5.14. The van der Waals surface area contributed by atoms with Gasteiger partial charge in [0.2, 0.25) is 5.91 Å². The molecule has 2 aliphatic rings. The molecule has 144 valence electrons. The van der Waals surface area contributed by atoms with Crippen LogP contribution in [0.1, 0.15) is 44.5 Å². The highest BCUT2D eigenvalue weighted by Gasteiger charge is 2.33. The molecule has 6 nitrogen and oxygen atoms in total. The lowest BCUT2D eigenvalue weighted by molar-refractivity contribution is -0.136. The number of amides is 1. The number of piperidine rings is 1. The molecular formula is C17H30Cl2N4O2. The molecule has 1 aromatic heterocycles. The zero-order valence-corrected chi connectivity index (χ0v) is 16.4. The molecule has 3 heterocycles. The maximum atomic E-state index is 12.8. The minimum absolute atomic E-state index is 0. The molecule has 25 heavy (non-hydrogen) atoms. The van der Waals surface area contributed by atoms with Crippen molar-refractivity contribution >= 4 is 30.7 Å². The van der Waals surface area contributed by atoms with Crippen molar-refractivity contribution in [3.05, 3.63) is 18.2 Å². The highest BCUT2D eigenvalue weighted by atomic mass is 35.5. The number of hydrogen-bond acceptors (Lipinski definition) is 4. The van der Waals surface area contributed by atoms with E-state index in [0.29, 0.717) is 6.04 Å². The van der Waals surface area contributed by atoms with Gasteiger partial charge in [0.15, 0.2) is 0 Å². The first-order valence-electron chi connectivity index (χ1n) is 8.84. The molecule has 2 fully saturated rings. The summed E-state index contributed by atoms with van der Waals surface area (Å²) in [6.07, 6.45) is 8.72. The maximum Gasteiger partial charge on any atom is 0.239 e. The molecule has 1 aromatic rings. The van der Waals surface area contributed by atoms with E-state index in [9.17, 15) is 4.79 Å². The second-order valence-electron chi connectivity index (χ2n) is 6.66. The number of carbonyl (C=O) groups is 1. The van der Waals surface area contributed by atoms with Crippen molar-refractivity contribution in [2.75, 3.05) is 26.3 Å². The van der Waals surface area contributed by atoms with Crippen molar-refractivity contribution in [3.8, 4) is 0 Å². The molecule has 3 rings (SSSR count). The number of nitrogens with two attached hydrogens (primary N) is 1. The predicted molar refractivity (Wildman–Crippen MR) is 102 cm³/mol. The first kappa shape index (κ1) is 22.2. The molecule has 0 aliphatic carbocycles. The summed E-state index contributed by atoms with van der Waals surface area (Å²) in [7, 11) is 0. The number of rotatable bonds is 4. The van der Waals surface area contributed by atoms with Crippen LogP contribution in [0.5, 0.6) is 0 Å². The molecule has 2 aliphatic heterocycles. The maximum absolute atomic E-state index is 12.8. The van der Waals surface area contributed by atoms with E-state index in [2.05, 4.69) is 16.5 Å². The Morgan fingerprint density at radius 3 is 2.76 bits per heavy atom. The van der Waals surface area contributed by atoms with Crippen LogP contribution >= 0.6 is 24.8 Å². The molecule has 2 N–H and O–H groups in total. The Bertz CT molecular complexity index is 534. The van der Waals surface area contributed by atoms with Crippen molar-refractivity contribution in [1.82, 2.24) is 14.5 Å². The average molecular weight is 393 g/mol. The molecule has 2 unspecified atom stereocenters. The number of aryl methyl sites for hydroxylation is 1. The Labute approximate surface area is 162 Å². The number of aromatic nitrogens is 2. The predicted octanol–water partition coefficient (Wildman–Crippen LogP) is 2.21. The fraction of sp³-hybridized carbons (Fsp3) is 0.765. The Hall–Kier alpha value is -0.820. The van der Waals surface area contributed by atoms with Crippen molar-refractivity contribution in [2.24, 2.45) is 11.7 Å². The number of ether oxygens (including phenoxy) is 1. The lowest BCUT2D eigenvalue weighted by Gasteiger charge is -2.37. The van der Waals surface area contributed by atoms with Gasteiger partial charge in [0.1, 0.15) is 5.82 Å². The van der Waals surface area contributed by atoms with E-state index >= 15 is 0 Å². The van der Waals surface area contributed by atoms with E-state index in [0.717, 1.165) is 64.2 Å². The van der Waals surface area contributed by atoms with Gasteiger partial charge in [0, 0.05) is 45.1 Å². The van der Waals surface area contributed by atoms with Crippen LogP contribution in [-0.4, -0.2) is 52.7 Å². The molecule has 2 atom stereocenters. The van der Waals surface area contributed by atoms with Gasteiger partial charge < -0.3 is 19.9 Å². The number of carbonyl (C=O) groups excluding carboxylic acids is 1. The van der Waals surface area contributed by atoms with E-state index in [1.165, 1.54) is 0 Å². The second-order valence-corrected chi connectivity index (χ2v) is 6.66. The summed E-state index contributed by atoms with van der Waals surface area (Å²) in [4.78, 5) is 19.2. The van der Waals surface area contributed by atoms with Gasteiger partial charge in [0.05, 0.1) is 12.1 Å². The Balaban J connectivity index is 0.00000156. The van der Waals surface area contributed by atoms with E-state index < -0.39 is 0 Å². The van der Waals surface area contributed by atoms with Crippen molar-refractivity contribution < 1.29 is 9.53 Å². The number of nitrogens with zero attached hydrogens (tertiary/aromatic N) is 3. The van der Waals surface area contributed by atoms with Gasteiger partial charge in [-0.05, 0) is 31.6 Å². The molecule has 8 heteroatoms. The third-order valence-corrected chi connectivity index (χ3v) is 5.23. The zero-order valence-electron chi connectivity index (χ0n) is 14.8. The largest absolute Gasteiger partial charge is 0.381 e. The summed E-state index contributed by atoms with van der Waals surface area (Å²) < 4.78 is 7.61. The quantitative estimate of drug-likeness (QED) is 0.851. The Morgan fingerprint density at radius 1 is 1.36 bits per heavy atom. The lowest BCUT2D eigenvalue weighted by atomic mass is 9.91. The molecule has 0 aromatic carbocycles. The highest BCUT2D eigenvalue weighted by Crippen LogP contribution is 2.25. The molecular weight excluding hydrogens is 363 g/mol. The Kier molecular flexibility index (Phi) is 9.21. The van der Waals surface area contributed by atoms with E-state index in [1.54, 1.807) is 0 Å². The van der Waals surface area contributed by atoms with E-state index in [-0.39, 0.29) is 42.7 Å². The minimum Gasteiger partial charge on any atom is -0.381 e. The van der Waals surface area contributed by atoms with Crippen molar-refractivity contribution in [2.45, 2.75) is 51.1 Å². The molecule has 0 saturated carbocycles. The van der Waals surface area contributed by atoms with Gasteiger partial charge in [0.25, 0.3) is 0 Å². The molecule has 0 radical (unpaired) electrons. The van der Waals surface area contributed by atoms with Crippen LogP contribution in [0.25, 0.3) is 0 Å². The first-order valence-corrected chi connectivity index (χ1v) is 8.84. The monoisotopic (exact) mass is 392 g/mol.